The maximum Gasteiger partial charge on any atom is 0.255 e. The van der Waals surface area contributed by atoms with Gasteiger partial charge in [-0.25, -0.2) is 9.97 Å². The van der Waals surface area contributed by atoms with Gasteiger partial charge in [0.2, 0.25) is 5.95 Å². The van der Waals surface area contributed by atoms with Gasteiger partial charge in [-0.05, 0) is 36.8 Å². The third-order valence-corrected chi connectivity index (χ3v) is 5.81. The Balaban J connectivity index is 1.41. The van der Waals surface area contributed by atoms with Crippen LogP contribution in [0.3, 0.4) is 0 Å². The zero-order valence-electron chi connectivity index (χ0n) is 18.0. The fraction of sp³-hybridized carbons (Fsp3) is 0.250. The molecule has 0 bridgehead atoms. The van der Waals surface area contributed by atoms with E-state index in [1.54, 1.807) is 36.3 Å². The van der Waals surface area contributed by atoms with Crippen LogP contribution in [-0.4, -0.2) is 43.8 Å². The van der Waals surface area contributed by atoms with E-state index >= 15 is 0 Å². The SMILES string of the molecule is Cc1nccn1-c1ccc(C2CN(c3nc(-c4ccncc4)cc(=O)n3C)CCO2)cc1. The van der Waals surface area contributed by atoms with Gasteiger partial charge in [0.05, 0.1) is 18.8 Å². The number of anilines is 1. The molecule has 1 saturated heterocycles. The molecule has 1 atom stereocenters. The lowest BCUT2D eigenvalue weighted by molar-refractivity contribution is 0.0390. The highest BCUT2D eigenvalue weighted by Crippen LogP contribution is 2.27. The number of morpholine rings is 1. The van der Waals surface area contributed by atoms with Crippen molar-refractivity contribution in [2.75, 3.05) is 24.6 Å². The molecule has 0 radical (unpaired) electrons. The molecule has 32 heavy (non-hydrogen) atoms. The quantitative estimate of drug-likeness (QED) is 0.497. The van der Waals surface area contributed by atoms with Gasteiger partial charge < -0.3 is 14.2 Å². The van der Waals surface area contributed by atoms with Crippen molar-refractivity contribution in [3.63, 3.8) is 0 Å². The van der Waals surface area contributed by atoms with Crippen LogP contribution in [0.2, 0.25) is 0 Å². The molecule has 1 aromatic carbocycles. The lowest BCUT2D eigenvalue weighted by atomic mass is 10.1. The summed E-state index contributed by atoms with van der Waals surface area (Å²) in [6.45, 7) is 3.82. The second-order valence-electron chi connectivity index (χ2n) is 7.82. The van der Waals surface area contributed by atoms with Gasteiger partial charge in [0.1, 0.15) is 11.9 Å². The van der Waals surface area contributed by atoms with Gasteiger partial charge in [0.15, 0.2) is 0 Å². The Kier molecular flexibility index (Phi) is 5.28. The summed E-state index contributed by atoms with van der Waals surface area (Å²) in [4.78, 5) is 27.9. The molecular weight excluding hydrogens is 404 g/mol. The number of aromatic nitrogens is 5. The van der Waals surface area contributed by atoms with E-state index in [0.29, 0.717) is 31.3 Å². The van der Waals surface area contributed by atoms with Crippen molar-refractivity contribution < 1.29 is 4.74 Å². The molecule has 8 heteroatoms. The molecular formula is C24H24N6O2. The van der Waals surface area contributed by atoms with Crippen molar-refractivity contribution in [3.8, 4) is 16.9 Å². The monoisotopic (exact) mass is 428 g/mol. The highest BCUT2D eigenvalue weighted by atomic mass is 16.5. The summed E-state index contributed by atoms with van der Waals surface area (Å²) in [7, 11) is 1.76. The van der Waals surface area contributed by atoms with Gasteiger partial charge in [0.25, 0.3) is 5.56 Å². The maximum absolute atomic E-state index is 12.6. The van der Waals surface area contributed by atoms with Crippen LogP contribution in [0.15, 0.2) is 72.0 Å². The smallest absolute Gasteiger partial charge is 0.255 e. The van der Waals surface area contributed by atoms with E-state index in [2.05, 4.69) is 39.1 Å². The molecule has 162 valence electrons. The molecule has 1 aliphatic rings. The topological polar surface area (TPSA) is 78.1 Å². The molecule has 5 rings (SSSR count). The number of hydrogen-bond donors (Lipinski definition) is 0. The van der Waals surface area contributed by atoms with E-state index in [0.717, 1.165) is 22.6 Å². The van der Waals surface area contributed by atoms with Crippen LogP contribution in [0.4, 0.5) is 5.95 Å². The molecule has 8 nitrogen and oxygen atoms in total. The van der Waals surface area contributed by atoms with E-state index in [4.69, 9.17) is 9.72 Å². The predicted octanol–water partition coefficient (Wildman–Crippen LogP) is 2.91. The predicted molar refractivity (Wildman–Crippen MR) is 122 cm³/mol. The normalized spacial score (nSPS) is 16.3. The largest absolute Gasteiger partial charge is 0.370 e. The summed E-state index contributed by atoms with van der Waals surface area (Å²) in [5, 5.41) is 0. The van der Waals surface area contributed by atoms with E-state index in [9.17, 15) is 4.79 Å². The molecule has 4 aromatic rings. The summed E-state index contributed by atoms with van der Waals surface area (Å²) < 4.78 is 9.71. The second kappa shape index (κ2) is 8.39. The van der Waals surface area contributed by atoms with Gasteiger partial charge >= 0.3 is 0 Å². The highest BCUT2D eigenvalue weighted by molar-refractivity contribution is 5.59. The Morgan fingerprint density at radius 3 is 2.56 bits per heavy atom. The van der Waals surface area contributed by atoms with Crippen molar-refractivity contribution >= 4 is 5.95 Å². The average molecular weight is 428 g/mol. The number of rotatable bonds is 4. The van der Waals surface area contributed by atoms with Gasteiger partial charge in [-0.3, -0.25) is 14.3 Å². The van der Waals surface area contributed by atoms with E-state index in [-0.39, 0.29) is 11.7 Å². The molecule has 0 saturated carbocycles. The maximum atomic E-state index is 12.6. The third kappa shape index (κ3) is 3.80. The van der Waals surface area contributed by atoms with E-state index in [1.807, 2.05) is 29.8 Å². The van der Waals surface area contributed by atoms with Crippen LogP contribution < -0.4 is 10.5 Å². The van der Waals surface area contributed by atoms with Gasteiger partial charge in [-0.2, -0.15) is 0 Å². The zero-order chi connectivity index (χ0) is 22.1. The minimum absolute atomic E-state index is 0.0927. The van der Waals surface area contributed by atoms with Crippen molar-refractivity contribution in [1.29, 1.82) is 0 Å². The van der Waals surface area contributed by atoms with Gasteiger partial charge in [0, 0.05) is 55.7 Å². The summed E-state index contributed by atoms with van der Waals surface area (Å²) in [6.07, 6.45) is 7.04. The first-order chi connectivity index (χ1) is 15.6. The van der Waals surface area contributed by atoms with Crippen LogP contribution in [-0.2, 0) is 11.8 Å². The Hall–Kier alpha value is -3.78. The molecule has 1 unspecified atom stereocenters. The summed E-state index contributed by atoms with van der Waals surface area (Å²) in [5.74, 6) is 1.59. The van der Waals surface area contributed by atoms with E-state index < -0.39 is 0 Å². The van der Waals surface area contributed by atoms with Gasteiger partial charge in [-0.15, -0.1) is 0 Å². The van der Waals surface area contributed by atoms with Crippen molar-refractivity contribution in [2.24, 2.45) is 7.05 Å². The Morgan fingerprint density at radius 2 is 1.84 bits per heavy atom. The lowest BCUT2D eigenvalue weighted by Crippen LogP contribution is -2.41. The summed E-state index contributed by atoms with van der Waals surface area (Å²) in [5.41, 5.74) is 3.57. The van der Waals surface area contributed by atoms with Crippen molar-refractivity contribution in [2.45, 2.75) is 13.0 Å². The summed E-state index contributed by atoms with van der Waals surface area (Å²) >= 11 is 0. The minimum Gasteiger partial charge on any atom is -0.370 e. The molecule has 1 fully saturated rings. The van der Waals surface area contributed by atoms with E-state index in [1.165, 1.54) is 0 Å². The standard InChI is InChI=1S/C24H24N6O2/c1-17-26-11-12-30(17)20-5-3-19(4-6-20)22-16-29(13-14-32-22)24-27-21(15-23(31)28(24)2)18-7-9-25-10-8-18/h3-12,15,22H,13-14,16H2,1-2H3. The Labute approximate surface area is 185 Å². The average Bonchev–Trinajstić information content (AvgIpc) is 3.27. The molecule has 0 spiro atoms. The first-order valence-electron chi connectivity index (χ1n) is 10.6. The first-order valence-corrected chi connectivity index (χ1v) is 10.6. The fourth-order valence-electron chi connectivity index (χ4n) is 4.01. The minimum atomic E-state index is -0.108. The first kappa shape index (κ1) is 20.1. The van der Waals surface area contributed by atoms with Gasteiger partial charge in [-0.1, -0.05) is 12.1 Å². The van der Waals surface area contributed by atoms with Crippen LogP contribution >= 0.6 is 0 Å². The number of hydrogen-bond acceptors (Lipinski definition) is 6. The Bertz CT molecular complexity index is 1280. The van der Waals surface area contributed by atoms with Crippen LogP contribution in [0.25, 0.3) is 16.9 Å². The number of imidazole rings is 1. The lowest BCUT2D eigenvalue weighted by Gasteiger charge is -2.34. The third-order valence-electron chi connectivity index (χ3n) is 5.81. The highest BCUT2D eigenvalue weighted by Gasteiger charge is 2.25. The molecule has 0 N–H and O–H groups in total. The van der Waals surface area contributed by atoms with Crippen molar-refractivity contribution in [3.05, 3.63) is 89.0 Å². The summed E-state index contributed by atoms with van der Waals surface area (Å²) in [6, 6.07) is 13.6. The molecule has 0 aliphatic carbocycles. The molecule has 4 heterocycles. The zero-order valence-corrected chi connectivity index (χ0v) is 18.0. The van der Waals surface area contributed by atoms with Crippen LogP contribution in [0.1, 0.15) is 17.5 Å². The van der Waals surface area contributed by atoms with Crippen LogP contribution in [0.5, 0.6) is 0 Å². The van der Waals surface area contributed by atoms with Crippen molar-refractivity contribution in [1.82, 2.24) is 24.1 Å². The number of pyridine rings is 1. The number of benzene rings is 1. The number of ether oxygens (including phenoxy) is 1. The molecule has 3 aromatic heterocycles. The number of aryl methyl sites for hydroxylation is 1. The molecule has 1 aliphatic heterocycles. The Morgan fingerprint density at radius 1 is 1.06 bits per heavy atom. The molecule has 0 amide bonds. The fourth-order valence-corrected chi connectivity index (χ4v) is 4.01. The number of nitrogens with zero attached hydrogens (tertiary/aromatic N) is 6. The van der Waals surface area contributed by atoms with Crippen LogP contribution in [0, 0.1) is 6.92 Å². The second-order valence-corrected chi connectivity index (χ2v) is 7.82.